The number of benzene rings is 2. The van der Waals surface area contributed by atoms with Crippen molar-refractivity contribution < 1.29 is 14.3 Å². The van der Waals surface area contributed by atoms with Gasteiger partial charge in [-0.3, -0.25) is 4.79 Å². The van der Waals surface area contributed by atoms with E-state index in [1.807, 2.05) is 69.3 Å². The number of aromatic nitrogens is 3. The first-order chi connectivity index (χ1) is 16.9. The molecule has 2 aromatic carbocycles. The summed E-state index contributed by atoms with van der Waals surface area (Å²) in [5, 5.41) is 3.71. The van der Waals surface area contributed by atoms with E-state index in [2.05, 4.69) is 41.0 Å². The molecule has 0 aliphatic carbocycles. The second-order valence-corrected chi connectivity index (χ2v) is 10.9. The van der Waals surface area contributed by atoms with Gasteiger partial charge in [0.2, 0.25) is 0 Å². The lowest BCUT2D eigenvalue weighted by molar-refractivity contribution is 0.00637. The summed E-state index contributed by atoms with van der Waals surface area (Å²) in [6, 6.07) is 17.2. The lowest BCUT2D eigenvalue weighted by atomic mass is 9.87. The standard InChI is InChI=1S/C29H32N4O3/c1-28(2,3)21-13-11-20(12-14-21)26(34)30-16-18-7-9-19(10-8-18)24-22-15-23(27(35)36-29(4,5)6)33-25(22)32-17-31-24/h7-15,17H,16H2,1-6H3,(H,30,34)(H,31,32,33). The molecule has 0 aliphatic rings. The minimum atomic E-state index is -0.593. The second kappa shape index (κ2) is 9.57. The Kier molecular flexibility index (Phi) is 6.67. The topological polar surface area (TPSA) is 97.0 Å². The van der Waals surface area contributed by atoms with Crippen molar-refractivity contribution in [2.45, 2.75) is 59.1 Å². The van der Waals surface area contributed by atoms with E-state index >= 15 is 0 Å². The molecule has 2 aromatic heterocycles. The smallest absolute Gasteiger partial charge is 0.355 e. The van der Waals surface area contributed by atoms with Crippen LogP contribution in [0.15, 0.2) is 60.9 Å². The minimum Gasteiger partial charge on any atom is -0.455 e. The number of hydrogen-bond acceptors (Lipinski definition) is 5. The van der Waals surface area contributed by atoms with E-state index in [4.69, 9.17) is 4.74 Å². The zero-order valence-corrected chi connectivity index (χ0v) is 21.6. The van der Waals surface area contributed by atoms with Crippen molar-refractivity contribution in [3.05, 3.63) is 83.3 Å². The van der Waals surface area contributed by atoms with E-state index in [1.54, 1.807) is 6.07 Å². The third-order valence-electron chi connectivity index (χ3n) is 5.74. The van der Waals surface area contributed by atoms with Crippen LogP contribution in [0.5, 0.6) is 0 Å². The summed E-state index contributed by atoms with van der Waals surface area (Å²) in [6.07, 6.45) is 1.46. The summed E-state index contributed by atoms with van der Waals surface area (Å²) in [6.45, 7) is 12.3. The number of amides is 1. The Labute approximate surface area is 211 Å². The summed E-state index contributed by atoms with van der Waals surface area (Å²) in [4.78, 5) is 36.8. The number of ether oxygens (including phenoxy) is 1. The number of H-pyrrole nitrogens is 1. The zero-order chi connectivity index (χ0) is 26.1. The van der Waals surface area contributed by atoms with Crippen molar-refractivity contribution in [3.63, 3.8) is 0 Å². The molecule has 1 amide bonds. The van der Waals surface area contributed by atoms with E-state index in [0.29, 0.717) is 29.1 Å². The van der Waals surface area contributed by atoms with E-state index in [1.165, 1.54) is 11.9 Å². The Morgan fingerprint density at radius 3 is 2.19 bits per heavy atom. The highest BCUT2D eigenvalue weighted by Gasteiger charge is 2.21. The quantitative estimate of drug-likeness (QED) is 0.349. The Hall–Kier alpha value is -4.00. The highest BCUT2D eigenvalue weighted by atomic mass is 16.6. The number of hydrogen-bond donors (Lipinski definition) is 2. The fourth-order valence-corrected chi connectivity index (χ4v) is 3.80. The molecule has 4 rings (SSSR count). The van der Waals surface area contributed by atoms with Crippen molar-refractivity contribution >= 4 is 22.9 Å². The molecule has 4 aromatic rings. The van der Waals surface area contributed by atoms with Crippen LogP contribution < -0.4 is 5.32 Å². The molecule has 0 fully saturated rings. The summed E-state index contributed by atoms with van der Waals surface area (Å²) in [5.74, 6) is -0.551. The SMILES string of the molecule is CC(C)(C)OC(=O)c1cc2c(-c3ccc(CNC(=O)c4ccc(C(C)(C)C)cc4)cc3)ncnc2[nH]1. The van der Waals surface area contributed by atoms with Gasteiger partial charge in [-0.05, 0) is 55.5 Å². The molecule has 0 atom stereocenters. The van der Waals surface area contributed by atoms with Crippen LogP contribution in [-0.2, 0) is 16.7 Å². The van der Waals surface area contributed by atoms with Gasteiger partial charge in [-0.2, -0.15) is 0 Å². The number of carbonyl (C=O) groups is 2. The van der Waals surface area contributed by atoms with Gasteiger partial charge >= 0.3 is 5.97 Å². The van der Waals surface area contributed by atoms with Gasteiger partial charge in [0.1, 0.15) is 23.3 Å². The van der Waals surface area contributed by atoms with Crippen LogP contribution in [0.1, 0.15) is 73.5 Å². The lowest BCUT2D eigenvalue weighted by Crippen LogP contribution is -2.24. The van der Waals surface area contributed by atoms with Crippen molar-refractivity contribution in [1.29, 1.82) is 0 Å². The largest absolute Gasteiger partial charge is 0.455 e. The molecule has 2 heterocycles. The molecule has 7 nitrogen and oxygen atoms in total. The Balaban J connectivity index is 1.46. The van der Waals surface area contributed by atoms with Crippen LogP contribution in [0, 0.1) is 0 Å². The first-order valence-electron chi connectivity index (χ1n) is 12.0. The van der Waals surface area contributed by atoms with Crippen LogP contribution in [0.2, 0.25) is 0 Å². The molecular weight excluding hydrogens is 452 g/mol. The molecule has 36 heavy (non-hydrogen) atoms. The Morgan fingerprint density at radius 2 is 1.58 bits per heavy atom. The maximum absolute atomic E-state index is 12.6. The van der Waals surface area contributed by atoms with Crippen molar-refractivity contribution in [2.24, 2.45) is 0 Å². The lowest BCUT2D eigenvalue weighted by Gasteiger charge is -2.19. The molecule has 0 unspecified atom stereocenters. The van der Waals surface area contributed by atoms with Crippen LogP contribution >= 0.6 is 0 Å². The van der Waals surface area contributed by atoms with E-state index < -0.39 is 11.6 Å². The van der Waals surface area contributed by atoms with Crippen LogP contribution in [0.3, 0.4) is 0 Å². The van der Waals surface area contributed by atoms with Gasteiger partial charge in [-0.1, -0.05) is 57.2 Å². The van der Waals surface area contributed by atoms with Gasteiger partial charge in [0.05, 0.1) is 5.69 Å². The monoisotopic (exact) mass is 484 g/mol. The van der Waals surface area contributed by atoms with Crippen LogP contribution in [0.25, 0.3) is 22.3 Å². The highest BCUT2D eigenvalue weighted by molar-refractivity contribution is 5.98. The molecular formula is C29H32N4O3. The number of nitrogens with zero attached hydrogens (tertiary/aromatic N) is 2. The maximum atomic E-state index is 12.6. The summed E-state index contributed by atoms with van der Waals surface area (Å²) < 4.78 is 5.46. The normalized spacial score (nSPS) is 11.9. The molecule has 2 N–H and O–H groups in total. The summed E-state index contributed by atoms with van der Waals surface area (Å²) >= 11 is 0. The summed E-state index contributed by atoms with van der Waals surface area (Å²) in [7, 11) is 0. The highest BCUT2D eigenvalue weighted by Crippen LogP contribution is 2.27. The molecule has 0 spiro atoms. The van der Waals surface area contributed by atoms with Crippen LogP contribution in [0.4, 0.5) is 0 Å². The van der Waals surface area contributed by atoms with Crippen molar-refractivity contribution in [3.8, 4) is 11.3 Å². The van der Waals surface area contributed by atoms with Gasteiger partial charge in [0.15, 0.2) is 0 Å². The third kappa shape index (κ3) is 5.79. The fourth-order valence-electron chi connectivity index (χ4n) is 3.80. The number of esters is 1. The molecule has 186 valence electrons. The Bertz CT molecular complexity index is 1390. The molecule has 0 bridgehead atoms. The van der Waals surface area contributed by atoms with Gasteiger partial charge in [-0.15, -0.1) is 0 Å². The van der Waals surface area contributed by atoms with Crippen molar-refractivity contribution in [1.82, 2.24) is 20.3 Å². The molecule has 0 radical (unpaired) electrons. The van der Waals surface area contributed by atoms with Gasteiger partial charge in [0.25, 0.3) is 5.91 Å². The third-order valence-corrected chi connectivity index (χ3v) is 5.74. The van der Waals surface area contributed by atoms with Crippen LogP contribution in [-0.4, -0.2) is 32.4 Å². The summed E-state index contributed by atoms with van der Waals surface area (Å²) in [5.41, 5.74) is 4.72. The van der Waals surface area contributed by atoms with Gasteiger partial charge in [0, 0.05) is 23.1 Å². The zero-order valence-electron chi connectivity index (χ0n) is 21.6. The number of rotatable bonds is 5. The molecule has 0 aliphatic heterocycles. The first kappa shape index (κ1) is 25.1. The number of carbonyl (C=O) groups excluding carboxylic acids is 2. The predicted octanol–water partition coefficient (Wildman–Crippen LogP) is 5.81. The minimum absolute atomic E-state index is 0.0453. The van der Waals surface area contributed by atoms with E-state index in [-0.39, 0.29) is 11.3 Å². The molecule has 7 heteroatoms. The number of nitrogens with one attached hydrogen (secondary N) is 2. The molecule has 0 saturated heterocycles. The number of aromatic amines is 1. The number of fused-ring (bicyclic) bond motifs is 1. The average molecular weight is 485 g/mol. The van der Waals surface area contributed by atoms with E-state index in [9.17, 15) is 9.59 Å². The van der Waals surface area contributed by atoms with Crippen molar-refractivity contribution in [2.75, 3.05) is 0 Å². The predicted molar refractivity (Wildman–Crippen MR) is 141 cm³/mol. The maximum Gasteiger partial charge on any atom is 0.355 e. The Morgan fingerprint density at radius 1 is 0.917 bits per heavy atom. The van der Waals surface area contributed by atoms with Gasteiger partial charge in [-0.25, -0.2) is 14.8 Å². The first-order valence-corrected chi connectivity index (χ1v) is 12.0. The molecule has 0 saturated carbocycles. The fraction of sp³-hybridized carbons (Fsp3) is 0.310. The van der Waals surface area contributed by atoms with Gasteiger partial charge < -0.3 is 15.0 Å². The van der Waals surface area contributed by atoms with E-state index in [0.717, 1.165) is 16.5 Å². The second-order valence-electron chi connectivity index (χ2n) is 10.9. The average Bonchev–Trinajstić information content (AvgIpc) is 3.26.